The molecule has 1 aliphatic heterocycles. The molecule has 0 spiro atoms. The Morgan fingerprint density at radius 3 is 2.44 bits per heavy atom. The molecule has 186 valence electrons. The van der Waals surface area contributed by atoms with Crippen molar-refractivity contribution in [3.05, 3.63) is 75.3 Å². The highest BCUT2D eigenvalue weighted by Gasteiger charge is 2.48. The topological polar surface area (TPSA) is 115 Å². The van der Waals surface area contributed by atoms with E-state index < -0.39 is 23.7 Å². The third-order valence-corrected chi connectivity index (χ3v) is 7.02. The number of aliphatic hydroxyl groups excluding tert-OH is 1. The fraction of sp³-hybridized carbons (Fsp3) is 0.231. The van der Waals surface area contributed by atoms with Crippen molar-refractivity contribution >= 4 is 39.9 Å². The number of thiazole rings is 1. The van der Waals surface area contributed by atoms with Crippen molar-refractivity contribution in [2.24, 2.45) is 0 Å². The van der Waals surface area contributed by atoms with Gasteiger partial charge in [0.2, 0.25) is 0 Å². The molecule has 1 fully saturated rings. The number of benzene rings is 2. The third-order valence-electron chi connectivity index (χ3n) is 5.88. The van der Waals surface area contributed by atoms with E-state index in [1.807, 2.05) is 0 Å². The van der Waals surface area contributed by atoms with E-state index in [1.54, 1.807) is 56.3 Å². The first-order valence-corrected chi connectivity index (χ1v) is 11.7. The predicted octanol–water partition coefficient (Wildman–Crippen LogP) is 4.19. The van der Waals surface area contributed by atoms with Crippen LogP contribution >= 0.6 is 11.3 Å². The highest BCUT2D eigenvalue weighted by molar-refractivity contribution is 7.17. The van der Waals surface area contributed by atoms with Crippen LogP contribution in [0.3, 0.4) is 0 Å². The summed E-state index contributed by atoms with van der Waals surface area (Å²) in [4.78, 5) is 44.7. The van der Waals surface area contributed by atoms with Gasteiger partial charge in [-0.3, -0.25) is 14.5 Å². The molecular weight excluding hydrogens is 484 g/mol. The van der Waals surface area contributed by atoms with Gasteiger partial charge in [-0.15, -0.1) is 0 Å². The van der Waals surface area contributed by atoms with Crippen LogP contribution in [0.15, 0.2) is 48.0 Å². The molecule has 0 saturated carbocycles. The molecule has 36 heavy (non-hydrogen) atoms. The molecule has 1 saturated heterocycles. The van der Waals surface area contributed by atoms with Crippen LogP contribution in [0.2, 0.25) is 0 Å². The Morgan fingerprint density at radius 2 is 1.81 bits per heavy atom. The number of esters is 1. The number of carbonyl (C=O) groups excluding carboxylic acids is 3. The maximum Gasteiger partial charge on any atom is 0.350 e. The van der Waals surface area contributed by atoms with Gasteiger partial charge in [0.05, 0.1) is 38.6 Å². The lowest BCUT2D eigenvalue weighted by molar-refractivity contribution is -0.132. The normalized spacial score (nSPS) is 16.8. The van der Waals surface area contributed by atoms with Crippen LogP contribution in [0.1, 0.15) is 38.1 Å². The van der Waals surface area contributed by atoms with Crippen molar-refractivity contribution < 1.29 is 33.7 Å². The van der Waals surface area contributed by atoms with E-state index >= 15 is 0 Å². The van der Waals surface area contributed by atoms with Crippen molar-refractivity contribution in [1.82, 2.24) is 4.98 Å². The second kappa shape index (κ2) is 9.82. The van der Waals surface area contributed by atoms with Gasteiger partial charge in [-0.1, -0.05) is 23.5 Å². The minimum atomic E-state index is -1.02. The number of aryl methyl sites for hydroxylation is 2. The lowest BCUT2D eigenvalue weighted by Crippen LogP contribution is -2.29. The van der Waals surface area contributed by atoms with E-state index in [0.29, 0.717) is 28.3 Å². The summed E-state index contributed by atoms with van der Waals surface area (Å²) < 4.78 is 15.5. The molecule has 2 aromatic carbocycles. The minimum absolute atomic E-state index is 0.106. The first-order chi connectivity index (χ1) is 17.2. The Kier molecular flexibility index (Phi) is 6.80. The van der Waals surface area contributed by atoms with E-state index in [4.69, 9.17) is 14.2 Å². The molecular formula is C26H24N2O7S. The van der Waals surface area contributed by atoms with Crippen molar-refractivity contribution in [1.29, 1.82) is 0 Å². The molecule has 1 aromatic heterocycles. The Hall–Kier alpha value is -4.18. The largest absolute Gasteiger partial charge is 0.507 e. The lowest BCUT2D eigenvalue weighted by Gasteiger charge is -2.23. The maximum atomic E-state index is 13.4. The standard InChI is InChI=1S/C26H24N2O7S/c1-13-11-16(9-10-18(13)34-4)21(29)19-20(15-7-6-8-17(12-15)33-3)28(24(31)22(19)30)26-27-14(2)23(36-26)25(32)35-5/h6-12,20,29H,1-5H3. The number of ether oxygens (including phenoxy) is 3. The monoisotopic (exact) mass is 508 g/mol. The summed E-state index contributed by atoms with van der Waals surface area (Å²) >= 11 is 0.936. The van der Waals surface area contributed by atoms with E-state index in [0.717, 1.165) is 16.9 Å². The highest BCUT2D eigenvalue weighted by Crippen LogP contribution is 2.44. The number of hydrogen-bond donors (Lipinski definition) is 1. The van der Waals surface area contributed by atoms with Crippen molar-refractivity contribution in [2.75, 3.05) is 26.2 Å². The van der Waals surface area contributed by atoms with E-state index in [2.05, 4.69) is 4.98 Å². The van der Waals surface area contributed by atoms with Gasteiger partial charge in [-0.05, 0) is 55.3 Å². The summed E-state index contributed by atoms with van der Waals surface area (Å²) in [5.74, 6) is -1.56. The smallest absolute Gasteiger partial charge is 0.350 e. The van der Waals surface area contributed by atoms with E-state index in [9.17, 15) is 19.5 Å². The molecule has 3 aromatic rings. The summed E-state index contributed by atoms with van der Waals surface area (Å²) in [6, 6.07) is 10.8. The molecule has 1 aliphatic rings. The number of hydrogen-bond acceptors (Lipinski definition) is 9. The number of aromatic nitrogens is 1. The Morgan fingerprint density at radius 1 is 1.06 bits per heavy atom. The van der Waals surface area contributed by atoms with Gasteiger partial charge in [0.25, 0.3) is 5.78 Å². The zero-order chi connectivity index (χ0) is 26.1. The minimum Gasteiger partial charge on any atom is -0.507 e. The Labute approximate surface area is 211 Å². The van der Waals surface area contributed by atoms with Crippen molar-refractivity contribution in [3.63, 3.8) is 0 Å². The van der Waals surface area contributed by atoms with Crippen LogP contribution in [-0.2, 0) is 14.3 Å². The molecule has 1 amide bonds. The van der Waals surface area contributed by atoms with Crippen LogP contribution in [0.25, 0.3) is 5.76 Å². The van der Waals surface area contributed by atoms with Crippen LogP contribution in [-0.4, -0.2) is 49.1 Å². The Bertz CT molecular complexity index is 1410. The van der Waals surface area contributed by atoms with Gasteiger partial charge < -0.3 is 19.3 Å². The first kappa shape index (κ1) is 24.9. The number of aliphatic hydroxyl groups is 1. The molecule has 0 radical (unpaired) electrons. The number of anilines is 1. The van der Waals surface area contributed by atoms with Crippen LogP contribution in [0.4, 0.5) is 5.13 Å². The first-order valence-electron chi connectivity index (χ1n) is 10.9. The molecule has 1 unspecified atom stereocenters. The van der Waals surface area contributed by atoms with Crippen LogP contribution < -0.4 is 14.4 Å². The summed E-state index contributed by atoms with van der Waals surface area (Å²) in [5, 5.41) is 11.5. The second-order valence-corrected chi connectivity index (χ2v) is 9.01. The van der Waals surface area contributed by atoms with Gasteiger partial charge in [0, 0.05) is 5.56 Å². The predicted molar refractivity (Wildman–Crippen MR) is 134 cm³/mol. The maximum absolute atomic E-state index is 13.4. The summed E-state index contributed by atoms with van der Waals surface area (Å²) in [6.45, 7) is 3.42. The zero-order valence-corrected chi connectivity index (χ0v) is 21.1. The van der Waals surface area contributed by atoms with Crippen molar-refractivity contribution in [3.8, 4) is 11.5 Å². The fourth-order valence-corrected chi connectivity index (χ4v) is 5.12. The van der Waals surface area contributed by atoms with Gasteiger partial charge in [0.1, 0.15) is 22.1 Å². The third kappa shape index (κ3) is 4.20. The van der Waals surface area contributed by atoms with Crippen LogP contribution in [0, 0.1) is 13.8 Å². The number of carbonyl (C=O) groups is 3. The van der Waals surface area contributed by atoms with Gasteiger partial charge in [0.15, 0.2) is 5.13 Å². The van der Waals surface area contributed by atoms with Gasteiger partial charge in [-0.2, -0.15) is 0 Å². The van der Waals surface area contributed by atoms with Gasteiger partial charge in [-0.25, -0.2) is 9.78 Å². The second-order valence-electron chi connectivity index (χ2n) is 8.03. The van der Waals surface area contributed by atoms with E-state index in [-0.39, 0.29) is 21.3 Å². The number of nitrogens with zero attached hydrogens (tertiary/aromatic N) is 2. The average Bonchev–Trinajstić information content (AvgIpc) is 3.39. The van der Waals surface area contributed by atoms with Gasteiger partial charge >= 0.3 is 11.9 Å². The van der Waals surface area contributed by atoms with E-state index in [1.165, 1.54) is 26.2 Å². The molecule has 10 heteroatoms. The number of Topliss-reactive ketones (excluding diaryl/α,β-unsaturated/α-hetero) is 1. The highest BCUT2D eigenvalue weighted by atomic mass is 32.1. The van der Waals surface area contributed by atoms with Crippen LogP contribution in [0.5, 0.6) is 11.5 Å². The quantitative estimate of drug-likeness (QED) is 0.228. The molecule has 1 atom stereocenters. The lowest BCUT2D eigenvalue weighted by atomic mass is 9.94. The number of rotatable bonds is 6. The average molecular weight is 509 g/mol. The molecule has 9 nitrogen and oxygen atoms in total. The molecule has 2 heterocycles. The summed E-state index contributed by atoms with van der Waals surface area (Å²) in [6.07, 6.45) is 0. The number of methoxy groups -OCH3 is 3. The summed E-state index contributed by atoms with van der Waals surface area (Å²) in [5.41, 5.74) is 1.87. The molecule has 1 N–H and O–H groups in total. The summed E-state index contributed by atoms with van der Waals surface area (Å²) in [7, 11) is 4.29. The molecule has 0 aliphatic carbocycles. The SMILES string of the molecule is COC(=O)c1sc(N2C(=O)C(=O)C(=C(O)c3ccc(OC)c(C)c3)C2c2cccc(OC)c2)nc1C. The number of ketones is 1. The Balaban J connectivity index is 1.95. The molecule has 4 rings (SSSR count). The number of amides is 1. The van der Waals surface area contributed by atoms with Crippen molar-refractivity contribution in [2.45, 2.75) is 19.9 Å². The zero-order valence-electron chi connectivity index (χ0n) is 20.3. The molecule has 0 bridgehead atoms. The fourth-order valence-electron chi connectivity index (χ4n) is 4.11.